The topological polar surface area (TPSA) is 47.6 Å². The maximum Gasteiger partial charge on any atom is 0.337 e. The zero-order chi connectivity index (χ0) is 13.5. The Labute approximate surface area is 106 Å². The molecule has 0 spiro atoms. The number of carbonyl (C=O) groups excluding carboxylic acids is 1. The number of esters is 1. The Kier molecular flexibility index (Phi) is 5.58. The van der Waals surface area contributed by atoms with Crippen LogP contribution in [0.2, 0.25) is 0 Å². The summed E-state index contributed by atoms with van der Waals surface area (Å²) >= 11 is 0. The van der Waals surface area contributed by atoms with Crippen molar-refractivity contribution < 1.29 is 18.7 Å². The molecule has 0 bridgehead atoms. The van der Waals surface area contributed by atoms with Gasteiger partial charge >= 0.3 is 5.97 Å². The summed E-state index contributed by atoms with van der Waals surface area (Å²) in [5.41, 5.74) is 0.613. The lowest BCUT2D eigenvalue weighted by Gasteiger charge is -2.13. The van der Waals surface area contributed by atoms with E-state index in [4.69, 9.17) is 4.74 Å². The maximum atomic E-state index is 13.5. The Bertz CT molecular complexity index is 409. The second-order valence-corrected chi connectivity index (χ2v) is 4.13. The van der Waals surface area contributed by atoms with Crippen molar-refractivity contribution in [3.05, 3.63) is 29.6 Å². The third-order valence-electron chi connectivity index (χ3n) is 2.48. The van der Waals surface area contributed by atoms with Crippen molar-refractivity contribution in [1.82, 2.24) is 0 Å². The molecule has 5 heteroatoms. The summed E-state index contributed by atoms with van der Waals surface area (Å²) in [6.45, 7) is 3.14. The van der Waals surface area contributed by atoms with Crippen molar-refractivity contribution >= 4 is 11.7 Å². The predicted octanol–water partition coefficient (Wildman–Crippen LogP) is 2.31. The molecular weight excluding hydrogens is 237 g/mol. The van der Waals surface area contributed by atoms with Gasteiger partial charge in [-0.3, -0.25) is 0 Å². The zero-order valence-corrected chi connectivity index (χ0v) is 10.8. The second-order valence-electron chi connectivity index (χ2n) is 4.13. The molecule has 1 rings (SSSR count). The van der Waals surface area contributed by atoms with Crippen LogP contribution in [-0.4, -0.2) is 33.3 Å². The number of carbonyl (C=O) groups is 1. The number of hydrogen-bond acceptors (Lipinski definition) is 4. The third-order valence-corrected chi connectivity index (χ3v) is 2.48. The van der Waals surface area contributed by atoms with E-state index in [2.05, 4.69) is 10.1 Å². The number of hydrogen-bond donors (Lipinski definition) is 1. The van der Waals surface area contributed by atoms with Gasteiger partial charge in [-0.1, -0.05) is 6.92 Å². The van der Waals surface area contributed by atoms with Crippen molar-refractivity contribution in [2.75, 3.05) is 32.7 Å². The van der Waals surface area contributed by atoms with Gasteiger partial charge in [0.25, 0.3) is 0 Å². The van der Waals surface area contributed by atoms with Crippen molar-refractivity contribution in [1.29, 1.82) is 0 Å². The molecule has 1 atom stereocenters. The first-order valence-electron chi connectivity index (χ1n) is 5.69. The highest BCUT2D eigenvalue weighted by Crippen LogP contribution is 2.17. The predicted molar refractivity (Wildman–Crippen MR) is 67.3 cm³/mol. The lowest BCUT2D eigenvalue weighted by atomic mass is 10.1. The minimum Gasteiger partial charge on any atom is -0.465 e. The average molecular weight is 255 g/mol. The molecule has 1 aromatic carbocycles. The normalized spacial score (nSPS) is 12.0. The van der Waals surface area contributed by atoms with Crippen molar-refractivity contribution in [2.24, 2.45) is 5.92 Å². The minimum absolute atomic E-state index is 0.246. The number of ether oxygens (including phenoxy) is 2. The molecule has 1 N–H and O–H groups in total. The molecule has 0 aromatic heterocycles. The number of rotatable bonds is 6. The molecule has 0 aliphatic rings. The molecule has 1 unspecified atom stereocenters. The Morgan fingerprint density at radius 1 is 1.44 bits per heavy atom. The third kappa shape index (κ3) is 4.00. The van der Waals surface area contributed by atoms with Crippen molar-refractivity contribution in [3.8, 4) is 0 Å². The van der Waals surface area contributed by atoms with E-state index in [1.54, 1.807) is 7.11 Å². The van der Waals surface area contributed by atoms with Gasteiger partial charge in [0.1, 0.15) is 5.82 Å². The van der Waals surface area contributed by atoms with Gasteiger partial charge in [-0.05, 0) is 24.1 Å². The molecular formula is C13H18FNO3. The quantitative estimate of drug-likeness (QED) is 0.792. The molecule has 0 saturated heterocycles. The lowest BCUT2D eigenvalue weighted by molar-refractivity contribution is 0.0600. The van der Waals surface area contributed by atoms with Crippen LogP contribution in [0.5, 0.6) is 0 Å². The van der Waals surface area contributed by atoms with E-state index in [1.165, 1.54) is 25.3 Å². The minimum atomic E-state index is -0.483. The summed E-state index contributed by atoms with van der Waals surface area (Å²) in [5, 5.41) is 2.95. The molecule has 0 saturated carbocycles. The summed E-state index contributed by atoms with van der Waals surface area (Å²) in [4.78, 5) is 11.3. The van der Waals surface area contributed by atoms with Crippen LogP contribution in [0.3, 0.4) is 0 Å². The maximum absolute atomic E-state index is 13.5. The fourth-order valence-corrected chi connectivity index (χ4v) is 1.53. The van der Waals surface area contributed by atoms with E-state index in [0.29, 0.717) is 24.4 Å². The Balaban J connectivity index is 2.72. The zero-order valence-electron chi connectivity index (χ0n) is 10.8. The van der Waals surface area contributed by atoms with Gasteiger partial charge < -0.3 is 14.8 Å². The Hall–Kier alpha value is -1.62. The summed E-state index contributed by atoms with van der Waals surface area (Å²) in [6, 6.07) is 4.08. The van der Waals surface area contributed by atoms with Crippen LogP contribution in [0.4, 0.5) is 10.1 Å². The SMILES string of the molecule is COCC(C)CNc1cc(C(=O)OC)ccc1F. The highest BCUT2D eigenvalue weighted by atomic mass is 19.1. The van der Waals surface area contributed by atoms with Gasteiger partial charge in [0.2, 0.25) is 0 Å². The largest absolute Gasteiger partial charge is 0.465 e. The first-order chi connectivity index (χ1) is 8.58. The van der Waals surface area contributed by atoms with E-state index in [-0.39, 0.29) is 5.92 Å². The molecule has 100 valence electrons. The lowest BCUT2D eigenvalue weighted by Crippen LogP contribution is -2.16. The summed E-state index contributed by atoms with van der Waals surface area (Å²) < 4.78 is 23.1. The molecule has 1 aromatic rings. The van der Waals surface area contributed by atoms with E-state index in [1.807, 2.05) is 6.92 Å². The molecule has 18 heavy (non-hydrogen) atoms. The van der Waals surface area contributed by atoms with Crippen LogP contribution < -0.4 is 5.32 Å². The van der Waals surface area contributed by atoms with Crippen LogP contribution in [0, 0.1) is 11.7 Å². The number of halogens is 1. The summed E-state index contributed by atoms with van der Waals surface area (Å²) in [6.07, 6.45) is 0. The second kappa shape index (κ2) is 6.96. The van der Waals surface area contributed by atoms with E-state index >= 15 is 0 Å². The highest BCUT2D eigenvalue weighted by Gasteiger charge is 2.10. The van der Waals surface area contributed by atoms with E-state index in [9.17, 15) is 9.18 Å². The standard InChI is InChI=1S/C13H18FNO3/c1-9(8-17-2)7-15-12-6-10(13(16)18-3)4-5-11(12)14/h4-6,9,15H,7-8H2,1-3H3. The molecule has 0 fully saturated rings. The van der Waals surface area contributed by atoms with E-state index in [0.717, 1.165) is 0 Å². The van der Waals surface area contributed by atoms with Gasteiger partial charge in [-0.15, -0.1) is 0 Å². The molecule has 0 radical (unpaired) electrons. The molecule has 0 amide bonds. The number of methoxy groups -OCH3 is 2. The highest BCUT2D eigenvalue weighted by molar-refractivity contribution is 5.90. The van der Waals surface area contributed by atoms with E-state index < -0.39 is 11.8 Å². The number of nitrogens with one attached hydrogen (secondary N) is 1. The van der Waals surface area contributed by atoms with Gasteiger partial charge in [0.05, 0.1) is 25.0 Å². The van der Waals surface area contributed by atoms with Gasteiger partial charge in [-0.25, -0.2) is 9.18 Å². The Morgan fingerprint density at radius 3 is 2.78 bits per heavy atom. The fourth-order valence-electron chi connectivity index (χ4n) is 1.53. The van der Waals surface area contributed by atoms with Crippen LogP contribution in [0.1, 0.15) is 17.3 Å². The molecule has 0 aliphatic heterocycles. The molecule has 0 heterocycles. The van der Waals surface area contributed by atoms with Crippen LogP contribution >= 0.6 is 0 Å². The van der Waals surface area contributed by atoms with Gasteiger partial charge in [0, 0.05) is 13.7 Å². The molecule has 0 aliphatic carbocycles. The average Bonchev–Trinajstić information content (AvgIpc) is 2.37. The van der Waals surface area contributed by atoms with Crippen molar-refractivity contribution in [2.45, 2.75) is 6.92 Å². The monoisotopic (exact) mass is 255 g/mol. The Morgan fingerprint density at radius 2 is 2.17 bits per heavy atom. The first kappa shape index (κ1) is 14.4. The first-order valence-corrected chi connectivity index (χ1v) is 5.69. The van der Waals surface area contributed by atoms with Crippen molar-refractivity contribution in [3.63, 3.8) is 0 Å². The van der Waals surface area contributed by atoms with Crippen LogP contribution in [0.25, 0.3) is 0 Å². The van der Waals surface area contributed by atoms with Crippen LogP contribution in [-0.2, 0) is 9.47 Å². The van der Waals surface area contributed by atoms with Gasteiger partial charge in [0.15, 0.2) is 0 Å². The fraction of sp³-hybridized carbons (Fsp3) is 0.462. The van der Waals surface area contributed by atoms with Crippen LogP contribution in [0.15, 0.2) is 18.2 Å². The van der Waals surface area contributed by atoms with Gasteiger partial charge in [-0.2, -0.15) is 0 Å². The number of anilines is 1. The smallest absolute Gasteiger partial charge is 0.337 e. The number of benzene rings is 1. The summed E-state index contributed by atoms with van der Waals surface area (Å²) in [5.74, 6) is -0.633. The molecule has 4 nitrogen and oxygen atoms in total. The summed E-state index contributed by atoms with van der Waals surface area (Å²) in [7, 11) is 2.91.